The molecule has 0 aromatic heterocycles. The molecule has 0 radical (unpaired) electrons. The van der Waals surface area contributed by atoms with Gasteiger partial charge >= 0.3 is 0 Å². The normalized spacial score (nSPS) is 24.4. The zero-order chi connectivity index (χ0) is 11.8. The van der Waals surface area contributed by atoms with Crippen LogP contribution in [0.5, 0.6) is 0 Å². The van der Waals surface area contributed by atoms with Gasteiger partial charge in [-0.05, 0) is 17.5 Å². The number of hydrogen-bond donors (Lipinski definition) is 1. The van der Waals surface area contributed by atoms with Crippen LogP contribution in [0.3, 0.4) is 0 Å². The van der Waals surface area contributed by atoms with Crippen molar-refractivity contribution in [2.24, 2.45) is 0 Å². The summed E-state index contributed by atoms with van der Waals surface area (Å²) in [4.78, 5) is 16.2. The lowest BCUT2D eigenvalue weighted by molar-refractivity contribution is -0.140. The summed E-state index contributed by atoms with van der Waals surface area (Å²) in [6, 6.07) is 8.70. The summed E-state index contributed by atoms with van der Waals surface area (Å²) in [5, 5.41) is 0. The van der Waals surface area contributed by atoms with E-state index in [1.165, 1.54) is 11.1 Å². The summed E-state index contributed by atoms with van der Waals surface area (Å²) >= 11 is 4.29. The second-order valence-corrected chi connectivity index (χ2v) is 4.99. The van der Waals surface area contributed by atoms with Crippen molar-refractivity contribution in [3.05, 3.63) is 35.4 Å². The van der Waals surface area contributed by atoms with Gasteiger partial charge in [0.25, 0.3) is 0 Å². The lowest BCUT2D eigenvalue weighted by Gasteiger charge is -2.44. The van der Waals surface area contributed by atoms with Crippen molar-refractivity contribution in [2.45, 2.75) is 12.5 Å². The second kappa shape index (κ2) is 4.35. The number of nitrogens with zero attached hydrogens (tertiary/aromatic N) is 2. The van der Waals surface area contributed by atoms with E-state index in [0.29, 0.717) is 12.4 Å². The molecule has 1 aromatic rings. The number of thiol groups is 1. The van der Waals surface area contributed by atoms with Gasteiger partial charge in [-0.25, -0.2) is 0 Å². The number of fused-ring (bicyclic) bond motifs is 3. The molecule has 1 atom stereocenters. The molecule has 0 aliphatic carbocycles. The summed E-state index contributed by atoms with van der Waals surface area (Å²) in [5.74, 6) is 0.892. The fourth-order valence-corrected chi connectivity index (χ4v) is 3.06. The highest BCUT2D eigenvalue weighted by molar-refractivity contribution is 7.80. The Bertz CT molecular complexity index is 449. The van der Waals surface area contributed by atoms with Gasteiger partial charge in [-0.15, -0.1) is 0 Å². The summed E-state index contributed by atoms with van der Waals surface area (Å²) in [6.45, 7) is 2.29. The van der Waals surface area contributed by atoms with Gasteiger partial charge in [-0.2, -0.15) is 12.6 Å². The highest BCUT2D eigenvalue weighted by Gasteiger charge is 2.36. The van der Waals surface area contributed by atoms with E-state index in [9.17, 15) is 4.79 Å². The van der Waals surface area contributed by atoms with E-state index in [2.05, 4.69) is 41.8 Å². The van der Waals surface area contributed by atoms with E-state index in [1.54, 1.807) is 0 Å². The van der Waals surface area contributed by atoms with Crippen molar-refractivity contribution in [2.75, 3.05) is 25.5 Å². The van der Waals surface area contributed by atoms with Crippen molar-refractivity contribution in [3.8, 4) is 0 Å². The Morgan fingerprint density at radius 1 is 1.35 bits per heavy atom. The van der Waals surface area contributed by atoms with Crippen LogP contribution in [0.2, 0.25) is 0 Å². The van der Waals surface area contributed by atoms with E-state index >= 15 is 0 Å². The molecule has 4 heteroatoms. The smallest absolute Gasteiger partial charge is 0.237 e. The van der Waals surface area contributed by atoms with Gasteiger partial charge in [-0.1, -0.05) is 24.3 Å². The SMILES string of the molecule is O=C1CN(CS)CC2c3ccccc3CCN12. The first-order valence-corrected chi connectivity index (χ1v) is 6.63. The van der Waals surface area contributed by atoms with Crippen molar-refractivity contribution in [1.29, 1.82) is 0 Å². The fourth-order valence-electron chi connectivity index (χ4n) is 2.85. The first kappa shape index (κ1) is 11.1. The summed E-state index contributed by atoms with van der Waals surface area (Å²) in [6.07, 6.45) is 0.985. The topological polar surface area (TPSA) is 23.6 Å². The molecule has 3 nitrogen and oxygen atoms in total. The number of carbonyl (C=O) groups excluding carboxylic acids is 1. The Labute approximate surface area is 107 Å². The minimum Gasteiger partial charge on any atom is -0.333 e. The molecule has 0 saturated carbocycles. The van der Waals surface area contributed by atoms with Crippen LogP contribution in [0.25, 0.3) is 0 Å². The van der Waals surface area contributed by atoms with Gasteiger partial charge < -0.3 is 4.90 Å². The Hall–Kier alpha value is -1.00. The van der Waals surface area contributed by atoms with Crippen molar-refractivity contribution in [1.82, 2.24) is 9.80 Å². The maximum absolute atomic E-state index is 12.1. The van der Waals surface area contributed by atoms with Gasteiger partial charge in [0.15, 0.2) is 0 Å². The number of benzene rings is 1. The van der Waals surface area contributed by atoms with E-state index in [1.807, 2.05) is 4.90 Å². The summed E-state index contributed by atoms with van der Waals surface area (Å²) in [7, 11) is 0. The molecule has 3 rings (SSSR count). The van der Waals surface area contributed by atoms with Gasteiger partial charge in [0.1, 0.15) is 0 Å². The molecular weight excluding hydrogens is 232 g/mol. The van der Waals surface area contributed by atoms with Gasteiger partial charge in [-0.3, -0.25) is 9.69 Å². The number of carbonyl (C=O) groups is 1. The Morgan fingerprint density at radius 3 is 3.00 bits per heavy atom. The van der Waals surface area contributed by atoms with Crippen LogP contribution in [-0.2, 0) is 11.2 Å². The number of rotatable bonds is 1. The van der Waals surface area contributed by atoms with Crippen molar-refractivity contribution >= 4 is 18.5 Å². The first-order chi connectivity index (χ1) is 8.29. The van der Waals surface area contributed by atoms with Crippen molar-refractivity contribution < 1.29 is 4.79 Å². The molecule has 17 heavy (non-hydrogen) atoms. The Balaban J connectivity index is 1.97. The Kier molecular flexibility index (Phi) is 2.84. The highest BCUT2D eigenvalue weighted by Crippen LogP contribution is 2.32. The minimum atomic E-state index is 0.230. The monoisotopic (exact) mass is 248 g/mol. The molecule has 1 aromatic carbocycles. The third kappa shape index (κ3) is 1.85. The van der Waals surface area contributed by atoms with Crippen LogP contribution < -0.4 is 0 Å². The predicted octanol–water partition coefficient (Wildman–Crippen LogP) is 1.32. The standard InChI is InChI=1S/C13H16N2OS/c16-13-8-14(9-17)7-12-11-4-2-1-3-10(11)5-6-15(12)13/h1-4,12,17H,5-9H2. The molecule has 0 bridgehead atoms. The molecule has 1 fully saturated rings. The average molecular weight is 248 g/mol. The largest absolute Gasteiger partial charge is 0.333 e. The highest BCUT2D eigenvalue weighted by atomic mass is 32.1. The van der Waals surface area contributed by atoms with Gasteiger partial charge in [0, 0.05) is 19.0 Å². The maximum atomic E-state index is 12.1. The summed E-state index contributed by atoms with van der Waals surface area (Å²) < 4.78 is 0. The van der Waals surface area contributed by atoms with Crippen LogP contribution in [-0.4, -0.2) is 41.2 Å². The van der Waals surface area contributed by atoms with Crippen LogP contribution in [0.1, 0.15) is 17.2 Å². The third-order valence-electron chi connectivity index (χ3n) is 3.72. The van der Waals surface area contributed by atoms with E-state index < -0.39 is 0 Å². The molecule has 1 amide bonds. The lowest BCUT2D eigenvalue weighted by Crippen LogP contribution is -2.53. The average Bonchev–Trinajstić information content (AvgIpc) is 2.38. The molecule has 2 aliphatic heterocycles. The zero-order valence-corrected chi connectivity index (χ0v) is 10.6. The fraction of sp³-hybridized carbons (Fsp3) is 0.462. The molecule has 0 N–H and O–H groups in total. The summed E-state index contributed by atoms with van der Waals surface area (Å²) in [5.41, 5.74) is 2.71. The van der Waals surface area contributed by atoms with Crippen LogP contribution in [0, 0.1) is 0 Å². The van der Waals surface area contributed by atoms with E-state index in [0.717, 1.165) is 19.5 Å². The number of piperazine rings is 1. The van der Waals surface area contributed by atoms with Gasteiger partial charge in [0.2, 0.25) is 5.91 Å². The molecule has 2 heterocycles. The van der Waals surface area contributed by atoms with Crippen LogP contribution >= 0.6 is 12.6 Å². The van der Waals surface area contributed by atoms with E-state index in [4.69, 9.17) is 0 Å². The maximum Gasteiger partial charge on any atom is 0.237 e. The lowest BCUT2D eigenvalue weighted by atomic mass is 9.91. The van der Waals surface area contributed by atoms with Crippen LogP contribution in [0.15, 0.2) is 24.3 Å². The van der Waals surface area contributed by atoms with Crippen molar-refractivity contribution in [3.63, 3.8) is 0 Å². The number of hydrogen-bond acceptors (Lipinski definition) is 3. The zero-order valence-electron chi connectivity index (χ0n) is 9.67. The molecule has 90 valence electrons. The molecule has 1 saturated heterocycles. The van der Waals surface area contributed by atoms with E-state index in [-0.39, 0.29) is 11.9 Å². The molecule has 0 spiro atoms. The molecule has 2 aliphatic rings. The second-order valence-electron chi connectivity index (χ2n) is 4.70. The first-order valence-electron chi connectivity index (χ1n) is 6.00. The Morgan fingerprint density at radius 2 is 2.18 bits per heavy atom. The third-order valence-corrected chi connectivity index (χ3v) is 4.12. The van der Waals surface area contributed by atoms with Crippen LogP contribution in [0.4, 0.5) is 0 Å². The molecular formula is C13H16N2OS. The predicted molar refractivity (Wildman–Crippen MR) is 70.0 cm³/mol. The van der Waals surface area contributed by atoms with Gasteiger partial charge in [0.05, 0.1) is 12.6 Å². The molecule has 1 unspecified atom stereocenters. The number of amides is 1. The minimum absolute atomic E-state index is 0.230. The quantitative estimate of drug-likeness (QED) is 0.758.